The first-order chi connectivity index (χ1) is 14.7. The first-order valence-electron chi connectivity index (χ1n) is 9.97. The number of benzene rings is 2. The molecule has 30 heavy (non-hydrogen) atoms. The second-order valence-electron chi connectivity index (χ2n) is 7.22. The lowest BCUT2D eigenvalue weighted by Gasteiger charge is -2.27. The summed E-state index contributed by atoms with van der Waals surface area (Å²) in [6, 6.07) is 19.6. The molecular weight excluding hydrogens is 380 g/mol. The Labute approximate surface area is 174 Å². The van der Waals surface area contributed by atoms with Gasteiger partial charge in [-0.3, -0.25) is 4.79 Å². The van der Waals surface area contributed by atoms with Crippen LogP contribution in [0.3, 0.4) is 0 Å². The fourth-order valence-corrected chi connectivity index (χ4v) is 3.44. The van der Waals surface area contributed by atoms with Gasteiger partial charge < -0.3 is 15.5 Å². The van der Waals surface area contributed by atoms with Crippen LogP contribution >= 0.6 is 0 Å². The predicted octanol–water partition coefficient (Wildman–Crippen LogP) is 1.86. The standard InChI is InChI=1S/C22H24N6O2/c29-21-16-28-20(15-27(21)14-18-9-5-2-6-10-18)19(25-26-28)13-24-22(30)23-12-11-17-7-3-1-4-8-17/h1-10H,11-16H2,(H2,23,24,30). The lowest BCUT2D eigenvalue weighted by Crippen LogP contribution is -2.40. The normalized spacial score (nSPS) is 13.1. The summed E-state index contributed by atoms with van der Waals surface area (Å²) in [4.78, 5) is 26.3. The Bertz CT molecular complexity index is 1000. The molecule has 1 aromatic heterocycles. The molecule has 0 saturated carbocycles. The van der Waals surface area contributed by atoms with E-state index >= 15 is 0 Å². The number of urea groups is 1. The fourth-order valence-electron chi connectivity index (χ4n) is 3.44. The molecule has 0 bridgehead atoms. The zero-order chi connectivity index (χ0) is 20.8. The minimum absolute atomic E-state index is 0.00872. The summed E-state index contributed by atoms with van der Waals surface area (Å²) < 4.78 is 1.62. The maximum Gasteiger partial charge on any atom is 0.315 e. The van der Waals surface area contributed by atoms with Gasteiger partial charge in [-0.1, -0.05) is 65.9 Å². The van der Waals surface area contributed by atoms with Crippen molar-refractivity contribution in [3.05, 3.63) is 83.2 Å². The summed E-state index contributed by atoms with van der Waals surface area (Å²) in [7, 11) is 0. The molecule has 2 aromatic carbocycles. The minimum Gasteiger partial charge on any atom is -0.338 e. The first-order valence-corrected chi connectivity index (χ1v) is 9.97. The topological polar surface area (TPSA) is 92.2 Å². The van der Waals surface area contributed by atoms with E-state index in [0.717, 1.165) is 17.7 Å². The van der Waals surface area contributed by atoms with Crippen molar-refractivity contribution in [2.45, 2.75) is 32.6 Å². The van der Waals surface area contributed by atoms with Crippen LogP contribution in [0.4, 0.5) is 4.79 Å². The number of carbonyl (C=O) groups is 2. The summed E-state index contributed by atoms with van der Waals surface area (Å²) in [6.45, 7) is 1.94. The molecule has 8 heteroatoms. The third kappa shape index (κ3) is 4.83. The number of aromatic nitrogens is 3. The number of rotatable bonds is 7. The van der Waals surface area contributed by atoms with Crippen LogP contribution in [-0.2, 0) is 37.4 Å². The smallest absolute Gasteiger partial charge is 0.315 e. The molecule has 0 radical (unpaired) electrons. The van der Waals surface area contributed by atoms with Gasteiger partial charge >= 0.3 is 6.03 Å². The van der Waals surface area contributed by atoms with Gasteiger partial charge in [-0.25, -0.2) is 9.48 Å². The summed E-state index contributed by atoms with van der Waals surface area (Å²) in [5, 5.41) is 13.9. The van der Waals surface area contributed by atoms with Gasteiger partial charge in [0.2, 0.25) is 5.91 Å². The molecule has 1 aliphatic heterocycles. The maximum absolute atomic E-state index is 12.4. The molecule has 8 nitrogen and oxygen atoms in total. The summed E-state index contributed by atoms with van der Waals surface area (Å²) >= 11 is 0. The van der Waals surface area contributed by atoms with E-state index in [2.05, 4.69) is 20.9 Å². The number of fused-ring (bicyclic) bond motifs is 1. The minimum atomic E-state index is -0.249. The molecule has 0 aliphatic carbocycles. The predicted molar refractivity (Wildman–Crippen MR) is 111 cm³/mol. The van der Waals surface area contributed by atoms with Crippen molar-refractivity contribution in [2.75, 3.05) is 6.54 Å². The average molecular weight is 404 g/mol. The third-order valence-corrected chi connectivity index (χ3v) is 5.07. The van der Waals surface area contributed by atoms with Crippen molar-refractivity contribution in [2.24, 2.45) is 0 Å². The Morgan fingerprint density at radius 2 is 1.63 bits per heavy atom. The van der Waals surface area contributed by atoms with Gasteiger partial charge in [-0.05, 0) is 17.5 Å². The fraction of sp³-hybridized carbons (Fsp3) is 0.273. The zero-order valence-corrected chi connectivity index (χ0v) is 16.6. The van der Waals surface area contributed by atoms with Crippen LogP contribution in [0, 0.1) is 0 Å². The van der Waals surface area contributed by atoms with Gasteiger partial charge in [0.25, 0.3) is 0 Å². The number of amides is 3. The van der Waals surface area contributed by atoms with Crippen LogP contribution in [0.1, 0.15) is 22.5 Å². The van der Waals surface area contributed by atoms with Crippen molar-refractivity contribution in [3.63, 3.8) is 0 Å². The monoisotopic (exact) mass is 404 g/mol. The van der Waals surface area contributed by atoms with E-state index in [4.69, 9.17) is 0 Å². The van der Waals surface area contributed by atoms with Crippen molar-refractivity contribution < 1.29 is 9.59 Å². The Morgan fingerprint density at radius 3 is 2.37 bits per heavy atom. The lowest BCUT2D eigenvalue weighted by atomic mass is 10.1. The van der Waals surface area contributed by atoms with Crippen LogP contribution in [0.25, 0.3) is 0 Å². The van der Waals surface area contributed by atoms with E-state index in [1.54, 1.807) is 9.58 Å². The number of nitrogens with zero attached hydrogens (tertiary/aromatic N) is 4. The molecule has 0 spiro atoms. The van der Waals surface area contributed by atoms with E-state index in [0.29, 0.717) is 25.3 Å². The van der Waals surface area contributed by atoms with Crippen molar-refractivity contribution in [1.82, 2.24) is 30.5 Å². The molecule has 3 aromatic rings. The third-order valence-electron chi connectivity index (χ3n) is 5.07. The number of carbonyl (C=O) groups excluding carboxylic acids is 2. The highest BCUT2D eigenvalue weighted by atomic mass is 16.2. The quantitative estimate of drug-likeness (QED) is 0.629. The largest absolute Gasteiger partial charge is 0.338 e. The van der Waals surface area contributed by atoms with Crippen LogP contribution in [-0.4, -0.2) is 38.4 Å². The maximum atomic E-state index is 12.4. The highest BCUT2D eigenvalue weighted by Gasteiger charge is 2.27. The van der Waals surface area contributed by atoms with Gasteiger partial charge in [0.05, 0.1) is 18.8 Å². The number of hydrogen-bond acceptors (Lipinski definition) is 4. The van der Waals surface area contributed by atoms with Gasteiger partial charge in [-0.2, -0.15) is 0 Å². The van der Waals surface area contributed by atoms with Crippen molar-refractivity contribution in [1.29, 1.82) is 0 Å². The highest BCUT2D eigenvalue weighted by Crippen LogP contribution is 2.18. The molecule has 154 valence electrons. The first kappa shape index (κ1) is 19.6. The van der Waals surface area contributed by atoms with E-state index in [1.165, 1.54) is 5.56 Å². The van der Waals surface area contributed by atoms with Crippen molar-refractivity contribution >= 4 is 11.9 Å². The molecule has 2 heterocycles. The number of hydrogen-bond donors (Lipinski definition) is 2. The SMILES string of the molecule is O=C(NCCc1ccccc1)NCc1nnn2c1CN(Cc1ccccc1)C(=O)C2. The lowest BCUT2D eigenvalue weighted by molar-refractivity contribution is -0.135. The van der Waals surface area contributed by atoms with Crippen LogP contribution in [0.5, 0.6) is 0 Å². The van der Waals surface area contributed by atoms with Gasteiger partial charge in [0, 0.05) is 13.1 Å². The molecule has 0 unspecified atom stereocenters. The zero-order valence-electron chi connectivity index (χ0n) is 16.6. The van der Waals surface area contributed by atoms with Gasteiger partial charge in [0.15, 0.2) is 0 Å². The van der Waals surface area contributed by atoms with Crippen LogP contribution in [0.15, 0.2) is 60.7 Å². The number of nitrogens with one attached hydrogen (secondary N) is 2. The van der Waals surface area contributed by atoms with Crippen LogP contribution < -0.4 is 10.6 Å². The molecule has 0 saturated heterocycles. The molecule has 4 rings (SSSR count). The molecule has 0 fully saturated rings. The van der Waals surface area contributed by atoms with Crippen molar-refractivity contribution in [3.8, 4) is 0 Å². The van der Waals surface area contributed by atoms with Gasteiger partial charge in [-0.15, -0.1) is 5.10 Å². The second kappa shape index (κ2) is 9.21. The van der Waals surface area contributed by atoms with E-state index in [9.17, 15) is 9.59 Å². The Kier molecular flexibility index (Phi) is 6.03. The molecule has 2 N–H and O–H groups in total. The van der Waals surface area contributed by atoms with E-state index in [-0.39, 0.29) is 25.0 Å². The molecular formula is C22H24N6O2. The molecule has 1 aliphatic rings. The second-order valence-corrected chi connectivity index (χ2v) is 7.22. The highest BCUT2D eigenvalue weighted by molar-refractivity contribution is 5.77. The van der Waals surface area contributed by atoms with E-state index < -0.39 is 0 Å². The van der Waals surface area contributed by atoms with Crippen LogP contribution in [0.2, 0.25) is 0 Å². The molecule has 0 atom stereocenters. The summed E-state index contributed by atoms with van der Waals surface area (Å²) in [5.41, 5.74) is 3.78. The Hall–Kier alpha value is -3.68. The Balaban J connectivity index is 1.30. The summed E-state index contributed by atoms with van der Waals surface area (Å²) in [6.07, 6.45) is 0.770. The summed E-state index contributed by atoms with van der Waals surface area (Å²) in [5.74, 6) is 0.00872. The molecule has 3 amide bonds. The van der Waals surface area contributed by atoms with Gasteiger partial charge in [0.1, 0.15) is 12.2 Å². The Morgan fingerprint density at radius 1 is 0.933 bits per heavy atom. The average Bonchev–Trinajstić information content (AvgIpc) is 3.15. The van der Waals surface area contributed by atoms with E-state index in [1.807, 2.05) is 60.7 Å².